The average molecular weight is 359 g/mol. The topological polar surface area (TPSA) is 94.6 Å². The Labute approximate surface area is 152 Å². The summed E-state index contributed by atoms with van der Waals surface area (Å²) in [4.78, 5) is 44.8. The van der Waals surface area contributed by atoms with Crippen LogP contribution in [0.2, 0.25) is 0 Å². The number of aromatic nitrogens is 1. The quantitative estimate of drug-likeness (QED) is 0.754. The Balaban J connectivity index is 1.76. The minimum Gasteiger partial charge on any atom is -0.331 e. The van der Waals surface area contributed by atoms with Gasteiger partial charge in [0.05, 0.1) is 6.04 Å². The maximum atomic E-state index is 12.9. The summed E-state index contributed by atoms with van der Waals surface area (Å²) >= 11 is 0. The van der Waals surface area contributed by atoms with E-state index in [1.165, 1.54) is 0 Å². The highest BCUT2D eigenvalue weighted by atomic mass is 16.2. The molecule has 1 aromatic heterocycles. The van der Waals surface area contributed by atoms with Gasteiger partial charge in [-0.05, 0) is 24.5 Å². The summed E-state index contributed by atoms with van der Waals surface area (Å²) in [5.41, 5.74) is 0.0468. The van der Waals surface area contributed by atoms with Crippen LogP contribution in [0.5, 0.6) is 0 Å². The van der Waals surface area contributed by atoms with Gasteiger partial charge in [-0.25, -0.2) is 4.79 Å². The lowest BCUT2D eigenvalue weighted by molar-refractivity contribution is -0.141. The van der Waals surface area contributed by atoms with E-state index in [1.807, 2.05) is 26.0 Å². The molecule has 0 bridgehead atoms. The van der Waals surface area contributed by atoms with E-state index in [1.54, 1.807) is 17.3 Å². The number of nitrogens with one attached hydrogen (secondary N) is 2. The van der Waals surface area contributed by atoms with Crippen LogP contribution < -0.4 is 10.6 Å². The molecule has 0 aromatic carbocycles. The molecule has 3 heterocycles. The zero-order chi connectivity index (χ0) is 18.7. The smallest absolute Gasteiger partial charge is 0.325 e. The number of rotatable bonds is 5. The molecule has 0 spiro atoms. The Bertz CT molecular complexity index is 689. The van der Waals surface area contributed by atoms with Crippen molar-refractivity contribution in [3.63, 3.8) is 0 Å². The predicted molar refractivity (Wildman–Crippen MR) is 95.1 cm³/mol. The van der Waals surface area contributed by atoms with Gasteiger partial charge >= 0.3 is 6.03 Å². The summed E-state index contributed by atoms with van der Waals surface area (Å²) in [5, 5.41) is 6.04. The molecule has 2 N–H and O–H groups in total. The Hall–Kier alpha value is -2.48. The van der Waals surface area contributed by atoms with Crippen molar-refractivity contribution in [2.75, 3.05) is 26.2 Å². The summed E-state index contributed by atoms with van der Waals surface area (Å²) in [6, 6.07) is 3.12. The first-order valence-electron chi connectivity index (χ1n) is 9.06. The van der Waals surface area contributed by atoms with Gasteiger partial charge in [0.2, 0.25) is 5.91 Å². The van der Waals surface area contributed by atoms with Crippen LogP contribution in [0.1, 0.15) is 38.3 Å². The minimum absolute atomic E-state index is 0.159. The van der Waals surface area contributed by atoms with Crippen LogP contribution in [0.15, 0.2) is 24.5 Å². The first-order valence-corrected chi connectivity index (χ1v) is 9.06. The number of amides is 4. The summed E-state index contributed by atoms with van der Waals surface area (Å²) in [5.74, 6) is -0.541. The third kappa shape index (κ3) is 3.16. The first-order chi connectivity index (χ1) is 12.5. The summed E-state index contributed by atoms with van der Waals surface area (Å²) < 4.78 is 0. The fraction of sp³-hybridized carbons (Fsp3) is 0.556. The third-order valence-electron chi connectivity index (χ3n) is 5.38. The summed E-state index contributed by atoms with van der Waals surface area (Å²) in [6.07, 6.45) is 4.44. The molecule has 8 nitrogen and oxygen atoms in total. The maximum Gasteiger partial charge on any atom is 0.325 e. The van der Waals surface area contributed by atoms with E-state index in [0.29, 0.717) is 32.5 Å². The molecular weight excluding hydrogens is 334 g/mol. The second-order valence-corrected chi connectivity index (χ2v) is 6.70. The maximum absolute atomic E-state index is 12.9. The lowest BCUT2D eigenvalue weighted by atomic mass is 9.93. The number of hydrogen-bond donors (Lipinski definition) is 2. The van der Waals surface area contributed by atoms with Gasteiger partial charge in [0.25, 0.3) is 5.91 Å². The highest BCUT2D eigenvalue weighted by molar-refractivity contribution is 6.09. The molecule has 1 aromatic rings. The van der Waals surface area contributed by atoms with Gasteiger partial charge < -0.3 is 15.5 Å². The highest BCUT2D eigenvalue weighted by Crippen LogP contribution is 2.26. The molecule has 8 heteroatoms. The van der Waals surface area contributed by atoms with E-state index >= 15 is 0 Å². The molecule has 0 radical (unpaired) electrons. The van der Waals surface area contributed by atoms with Crippen LogP contribution in [0, 0.1) is 0 Å². The first kappa shape index (κ1) is 18.3. The molecular formula is C18H25N5O3. The van der Waals surface area contributed by atoms with Gasteiger partial charge in [0, 0.05) is 32.0 Å². The fourth-order valence-corrected chi connectivity index (χ4v) is 3.65. The normalized spacial score (nSPS) is 22.5. The average Bonchev–Trinajstić information content (AvgIpc) is 2.93. The summed E-state index contributed by atoms with van der Waals surface area (Å²) in [7, 11) is 0. The summed E-state index contributed by atoms with van der Waals surface area (Å²) in [6.45, 7) is 5.31. The molecule has 1 atom stereocenters. The SMILES string of the molecule is CCC1(CC)NC(=O)N(CC(=O)N2CCNCC2c2cccnc2)C1=O. The van der Waals surface area contributed by atoms with Gasteiger partial charge in [0.1, 0.15) is 12.1 Å². The predicted octanol–water partition coefficient (Wildman–Crippen LogP) is 0.665. The van der Waals surface area contributed by atoms with E-state index in [4.69, 9.17) is 0 Å². The Kier molecular flexibility index (Phi) is 5.22. The molecule has 140 valence electrons. The molecule has 2 saturated heterocycles. The molecule has 3 rings (SSSR count). The lowest BCUT2D eigenvalue weighted by Crippen LogP contribution is -2.52. The Morgan fingerprint density at radius 2 is 2.12 bits per heavy atom. The van der Waals surface area contributed by atoms with Crippen molar-refractivity contribution >= 4 is 17.8 Å². The Morgan fingerprint density at radius 1 is 1.35 bits per heavy atom. The van der Waals surface area contributed by atoms with Crippen LogP contribution >= 0.6 is 0 Å². The molecule has 2 aliphatic rings. The fourth-order valence-electron chi connectivity index (χ4n) is 3.65. The van der Waals surface area contributed by atoms with E-state index in [0.717, 1.165) is 10.5 Å². The van der Waals surface area contributed by atoms with Crippen molar-refractivity contribution < 1.29 is 14.4 Å². The minimum atomic E-state index is -0.885. The lowest BCUT2D eigenvalue weighted by Gasteiger charge is -2.37. The van der Waals surface area contributed by atoms with Gasteiger partial charge in [0.15, 0.2) is 0 Å². The second-order valence-electron chi connectivity index (χ2n) is 6.70. The van der Waals surface area contributed by atoms with Crippen molar-refractivity contribution in [2.24, 2.45) is 0 Å². The van der Waals surface area contributed by atoms with Gasteiger partial charge in [-0.2, -0.15) is 0 Å². The van der Waals surface area contributed by atoms with Crippen LogP contribution in [0.4, 0.5) is 4.79 Å². The van der Waals surface area contributed by atoms with Crippen molar-refractivity contribution in [3.05, 3.63) is 30.1 Å². The molecule has 1 unspecified atom stereocenters. The van der Waals surface area contributed by atoms with Crippen molar-refractivity contribution in [1.29, 1.82) is 0 Å². The van der Waals surface area contributed by atoms with Crippen LogP contribution in [0.25, 0.3) is 0 Å². The molecule has 26 heavy (non-hydrogen) atoms. The number of carbonyl (C=O) groups excluding carboxylic acids is 3. The van der Waals surface area contributed by atoms with Crippen LogP contribution in [-0.4, -0.2) is 64.3 Å². The molecule has 2 aliphatic heterocycles. The number of piperazine rings is 1. The van der Waals surface area contributed by atoms with Crippen LogP contribution in [0.3, 0.4) is 0 Å². The van der Waals surface area contributed by atoms with E-state index in [-0.39, 0.29) is 24.4 Å². The number of hydrogen-bond acceptors (Lipinski definition) is 5. The largest absolute Gasteiger partial charge is 0.331 e. The van der Waals surface area contributed by atoms with Gasteiger partial charge in [-0.3, -0.25) is 19.5 Å². The number of imide groups is 1. The molecule has 2 fully saturated rings. The molecule has 0 saturated carbocycles. The van der Waals surface area contributed by atoms with Crippen LogP contribution in [-0.2, 0) is 9.59 Å². The molecule has 4 amide bonds. The number of nitrogens with zero attached hydrogens (tertiary/aromatic N) is 3. The Morgan fingerprint density at radius 3 is 2.73 bits per heavy atom. The van der Waals surface area contributed by atoms with Gasteiger partial charge in [-0.15, -0.1) is 0 Å². The number of pyridine rings is 1. The zero-order valence-corrected chi connectivity index (χ0v) is 15.2. The van der Waals surface area contributed by atoms with E-state index in [2.05, 4.69) is 15.6 Å². The highest BCUT2D eigenvalue weighted by Gasteiger charge is 2.49. The van der Waals surface area contributed by atoms with Crippen molar-refractivity contribution in [1.82, 2.24) is 25.4 Å². The van der Waals surface area contributed by atoms with Gasteiger partial charge in [-0.1, -0.05) is 19.9 Å². The van der Waals surface area contributed by atoms with E-state index in [9.17, 15) is 14.4 Å². The monoisotopic (exact) mass is 359 g/mol. The second kappa shape index (κ2) is 7.41. The standard InChI is InChI=1S/C18H25N5O3/c1-3-18(4-2)16(25)23(17(26)21-18)12-15(24)22-9-8-20-11-14(22)13-6-5-7-19-10-13/h5-7,10,14,20H,3-4,8-9,11-12H2,1-2H3,(H,21,26). The van der Waals surface area contributed by atoms with Crippen molar-refractivity contribution in [2.45, 2.75) is 38.3 Å². The van der Waals surface area contributed by atoms with Crippen molar-refractivity contribution in [3.8, 4) is 0 Å². The third-order valence-corrected chi connectivity index (χ3v) is 5.38. The van der Waals surface area contributed by atoms with E-state index < -0.39 is 11.6 Å². The number of carbonyl (C=O) groups is 3. The zero-order valence-electron chi connectivity index (χ0n) is 15.2. The number of urea groups is 1. The molecule has 0 aliphatic carbocycles.